The molecule has 1 rings (SSSR count). The Hall–Kier alpha value is -2.29. The summed E-state index contributed by atoms with van der Waals surface area (Å²) in [6.07, 6.45) is 1.58. The van der Waals surface area contributed by atoms with Gasteiger partial charge < -0.3 is 16.2 Å². The molecule has 0 fully saturated rings. The Kier molecular flexibility index (Phi) is 5.53. The number of carbonyl (C=O) groups excluding carboxylic acids is 1. The third kappa shape index (κ3) is 4.63. The number of carbonyl (C=O) groups is 2. The number of nitrogen functional groups attached to an aromatic ring is 1. The predicted molar refractivity (Wildman–Crippen MR) is 76.4 cm³/mol. The highest BCUT2D eigenvalue weighted by molar-refractivity contribution is 7.90. The van der Waals surface area contributed by atoms with Crippen molar-refractivity contribution in [3.05, 3.63) is 23.8 Å². The number of hydrogen-bond donors (Lipinski definition) is 4. The standard InChI is InChI=1S/C12H17N3O5S/c1-2-3-6-14-12(18)15-21(19,20)10-5-4-8(11(16)17)7-9(10)13/h4-5,7H,2-3,6,13H2,1H3,(H,16,17)(H2,14,15,18). The summed E-state index contributed by atoms with van der Waals surface area (Å²) in [6, 6.07) is 2.30. The number of urea groups is 1. The average molecular weight is 315 g/mol. The first-order valence-corrected chi connectivity index (χ1v) is 7.69. The van der Waals surface area contributed by atoms with Crippen molar-refractivity contribution in [1.82, 2.24) is 10.0 Å². The lowest BCUT2D eigenvalue weighted by molar-refractivity contribution is 0.0696. The molecule has 5 N–H and O–H groups in total. The molecule has 0 spiro atoms. The summed E-state index contributed by atoms with van der Waals surface area (Å²) < 4.78 is 25.8. The van der Waals surface area contributed by atoms with Crippen LogP contribution >= 0.6 is 0 Å². The molecule has 21 heavy (non-hydrogen) atoms. The van der Waals surface area contributed by atoms with Gasteiger partial charge in [0.2, 0.25) is 0 Å². The Morgan fingerprint density at radius 3 is 2.52 bits per heavy atom. The van der Waals surface area contributed by atoms with Gasteiger partial charge in [0.1, 0.15) is 4.90 Å². The van der Waals surface area contributed by atoms with Crippen molar-refractivity contribution < 1.29 is 23.1 Å². The molecular weight excluding hydrogens is 298 g/mol. The number of carboxylic acid groups (broad SMARTS) is 1. The molecule has 2 amide bonds. The molecule has 0 aliphatic carbocycles. The first-order valence-electron chi connectivity index (χ1n) is 6.21. The van der Waals surface area contributed by atoms with Gasteiger partial charge in [-0.15, -0.1) is 0 Å². The van der Waals surface area contributed by atoms with E-state index in [9.17, 15) is 18.0 Å². The van der Waals surface area contributed by atoms with E-state index in [1.165, 1.54) is 0 Å². The highest BCUT2D eigenvalue weighted by Gasteiger charge is 2.21. The lowest BCUT2D eigenvalue weighted by Crippen LogP contribution is -2.40. The van der Waals surface area contributed by atoms with E-state index in [0.717, 1.165) is 31.0 Å². The van der Waals surface area contributed by atoms with Gasteiger partial charge in [-0.1, -0.05) is 13.3 Å². The van der Waals surface area contributed by atoms with Crippen LogP contribution in [0.15, 0.2) is 23.1 Å². The number of benzene rings is 1. The number of amides is 2. The van der Waals surface area contributed by atoms with E-state index in [1.807, 2.05) is 11.6 Å². The Labute approximate surface area is 122 Å². The van der Waals surface area contributed by atoms with Crippen LogP contribution in [0.5, 0.6) is 0 Å². The van der Waals surface area contributed by atoms with Crippen LogP contribution in [0, 0.1) is 0 Å². The summed E-state index contributed by atoms with van der Waals surface area (Å²) in [7, 11) is -4.15. The van der Waals surface area contributed by atoms with Gasteiger partial charge in [-0.2, -0.15) is 0 Å². The van der Waals surface area contributed by atoms with Gasteiger partial charge in [0.25, 0.3) is 10.0 Å². The zero-order valence-corrected chi connectivity index (χ0v) is 12.2. The molecule has 0 aliphatic rings. The second kappa shape index (κ2) is 6.93. The van der Waals surface area contributed by atoms with E-state index >= 15 is 0 Å². The van der Waals surface area contributed by atoms with Crippen LogP contribution in [-0.2, 0) is 10.0 Å². The van der Waals surface area contributed by atoms with Gasteiger partial charge in [0, 0.05) is 6.54 Å². The van der Waals surface area contributed by atoms with Gasteiger partial charge in [0.05, 0.1) is 11.3 Å². The molecule has 0 aliphatic heterocycles. The van der Waals surface area contributed by atoms with Gasteiger partial charge in [-0.05, 0) is 24.6 Å². The number of nitrogens with two attached hydrogens (primary N) is 1. The molecule has 0 radical (unpaired) electrons. The SMILES string of the molecule is CCCCNC(=O)NS(=O)(=O)c1ccc(C(=O)O)cc1N. The molecule has 0 unspecified atom stereocenters. The maximum atomic E-state index is 12.0. The van der Waals surface area contributed by atoms with Crippen LogP contribution in [0.1, 0.15) is 30.1 Å². The zero-order chi connectivity index (χ0) is 16.0. The third-order valence-corrected chi connectivity index (χ3v) is 3.99. The molecular formula is C12H17N3O5S. The second-order valence-corrected chi connectivity index (χ2v) is 5.92. The summed E-state index contributed by atoms with van der Waals surface area (Å²) in [5.41, 5.74) is 5.14. The number of hydrogen-bond acceptors (Lipinski definition) is 5. The smallest absolute Gasteiger partial charge is 0.335 e. The van der Waals surface area contributed by atoms with Crippen LogP contribution in [0.2, 0.25) is 0 Å². The average Bonchev–Trinajstić information content (AvgIpc) is 2.37. The van der Waals surface area contributed by atoms with Crippen LogP contribution in [0.25, 0.3) is 0 Å². The molecule has 0 saturated heterocycles. The van der Waals surface area contributed by atoms with Gasteiger partial charge >= 0.3 is 12.0 Å². The van der Waals surface area contributed by atoms with E-state index in [0.29, 0.717) is 6.54 Å². The van der Waals surface area contributed by atoms with E-state index in [1.54, 1.807) is 0 Å². The van der Waals surface area contributed by atoms with E-state index in [2.05, 4.69) is 5.32 Å². The first kappa shape index (κ1) is 16.8. The maximum absolute atomic E-state index is 12.0. The molecule has 1 aromatic rings. The van der Waals surface area contributed by atoms with Crippen molar-refractivity contribution >= 4 is 27.7 Å². The number of aromatic carboxylic acids is 1. The number of nitrogens with one attached hydrogen (secondary N) is 2. The molecule has 116 valence electrons. The quantitative estimate of drug-likeness (QED) is 0.451. The molecule has 0 heterocycles. The van der Waals surface area contributed by atoms with Crippen molar-refractivity contribution in [3.8, 4) is 0 Å². The zero-order valence-electron chi connectivity index (χ0n) is 11.4. The Morgan fingerprint density at radius 1 is 1.33 bits per heavy atom. The Morgan fingerprint density at radius 2 is 2.00 bits per heavy atom. The normalized spacial score (nSPS) is 10.9. The number of rotatable bonds is 6. The minimum Gasteiger partial charge on any atom is -0.478 e. The van der Waals surface area contributed by atoms with E-state index < -0.39 is 22.0 Å². The highest BCUT2D eigenvalue weighted by Crippen LogP contribution is 2.19. The first-order chi connectivity index (χ1) is 9.77. The summed E-state index contributed by atoms with van der Waals surface area (Å²) in [4.78, 5) is 21.9. The summed E-state index contributed by atoms with van der Waals surface area (Å²) in [5, 5.41) is 11.2. The predicted octanol–water partition coefficient (Wildman–Crippen LogP) is 0.755. The fourth-order valence-electron chi connectivity index (χ4n) is 1.52. The highest BCUT2D eigenvalue weighted by atomic mass is 32.2. The second-order valence-electron chi connectivity index (χ2n) is 4.27. The molecule has 0 aromatic heterocycles. The van der Waals surface area contributed by atoms with Crippen LogP contribution in [0.4, 0.5) is 10.5 Å². The topological polar surface area (TPSA) is 139 Å². The molecule has 1 aromatic carbocycles. The van der Waals surface area contributed by atoms with Crippen LogP contribution < -0.4 is 15.8 Å². The van der Waals surface area contributed by atoms with Crippen LogP contribution in [-0.4, -0.2) is 32.1 Å². The Bertz CT molecular complexity index is 642. The number of unbranched alkanes of at least 4 members (excludes halogenated alkanes) is 1. The Balaban J connectivity index is 2.88. The fraction of sp³-hybridized carbons (Fsp3) is 0.333. The summed E-state index contributed by atoms with van der Waals surface area (Å²) in [5.74, 6) is -1.23. The largest absolute Gasteiger partial charge is 0.478 e. The maximum Gasteiger partial charge on any atom is 0.335 e. The minimum absolute atomic E-state index is 0.140. The molecule has 0 atom stereocenters. The minimum atomic E-state index is -4.15. The van der Waals surface area contributed by atoms with Crippen LogP contribution in [0.3, 0.4) is 0 Å². The number of anilines is 1. The van der Waals surface area contributed by atoms with Gasteiger partial charge in [-0.3, -0.25) is 0 Å². The number of carboxylic acids is 1. The van der Waals surface area contributed by atoms with Gasteiger partial charge in [-0.25, -0.2) is 22.7 Å². The lowest BCUT2D eigenvalue weighted by atomic mass is 10.2. The van der Waals surface area contributed by atoms with Crippen molar-refractivity contribution in [2.24, 2.45) is 0 Å². The van der Waals surface area contributed by atoms with Crippen molar-refractivity contribution in [3.63, 3.8) is 0 Å². The monoisotopic (exact) mass is 315 g/mol. The van der Waals surface area contributed by atoms with E-state index in [4.69, 9.17) is 10.8 Å². The lowest BCUT2D eigenvalue weighted by Gasteiger charge is -2.10. The third-order valence-electron chi connectivity index (χ3n) is 2.59. The fourth-order valence-corrected chi connectivity index (χ4v) is 2.56. The molecule has 0 bridgehead atoms. The molecule has 9 heteroatoms. The van der Waals surface area contributed by atoms with Crippen molar-refractivity contribution in [2.45, 2.75) is 24.7 Å². The molecule has 8 nitrogen and oxygen atoms in total. The van der Waals surface area contributed by atoms with E-state index in [-0.39, 0.29) is 16.1 Å². The van der Waals surface area contributed by atoms with Crippen molar-refractivity contribution in [2.75, 3.05) is 12.3 Å². The number of sulfonamides is 1. The molecule has 0 saturated carbocycles. The van der Waals surface area contributed by atoms with Crippen molar-refractivity contribution in [1.29, 1.82) is 0 Å². The summed E-state index contributed by atoms with van der Waals surface area (Å²) in [6.45, 7) is 2.28. The van der Waals surface area contributed by atoms with Gasteiger partial charge in [0.15, 0.2) is 0 Å². The summed E-state index contributed by atoms with van der Waals surface area (Å²) >= 11 is 0.